The van der Waals surface area contributed by atoms with Crippen LogP contribution in [0.5, 0.6) is 5.75 Å². The minimum atomic E-state index is -2.38. The lowest BCUT2D eigenvalue weighted by atomic mass is 9.55. The number of Topliss-reactive ketones (excluding diaryl/α,β-unsaturated/α-hetero) is 1. The highest BCUT2D eigenvalue weighted by molar-refractivity contribution is 5.87. The van der Waals surface area contributed by atoms with E-state index >= 15 is 0 Å². The number of aryl methyl sites for hydroxylation is 1. The highest BCUT2D eigenvalue weighted by Gasteiger charge is 2.54. The normalized spacial score (nSPS) is 46.0. The molecule has 23 heavy (non-hydrogen) atoms. The summed E-state index contributed by atoms with van der Waals surface area (Å²) in [6.07, 6.45) is -3.06. The van der Waals surface area contributed by atoms with E-state index in [0.29, 0.717) is 31.2 Å². The van der Waals surface area contributed by atoms with Crippen LogP contribution in [0.1, 0.15) is 69.8 Å². The van der Waals surface area contributed by atoms with Crippen molar-refractivity contribution in [3.05, 3.63) is 29.3 Å². The molecular weight excluding hydrogens is 288 g/mol. The van der Waals surface area contributed by atoms with Crippen LogP contribution in [0.2, 0.25) is 0 Å². The van der Waals surface area contributed by atoms with Gasteiger partial charge in [0.15, 0.2) is 0 Å². The molecule has 0 aromatic heterocycles. The molecule has 2 saturated carbocycles. The number of ether oxygens (including phenoxy) is 1. The van der Waals surface area contributed by atoms with Crippen LogP contribution < -0.4 is 4.74 Å². The lowest BCUT2D eigenvalue weighted by Gasteiger charge is -2.48. The third kappa shape index (κ3) is 2.24. The van der Waals surface area contributed by atoms with E-state index < -0.39 is 35.9 Å². The predicted molar refractivity (Wildman–Crippen MR) is 87.4 cm³/mol. The Morgan fingerprint density at radius 2 is 2.26 bits per heavy atom. The van der Waals surface area contributed by atoms with E-state index in [4.69, 9.17) is 10.2 Å². The molecule has 0 bridgehead atoms. The van der Waals surface area contributed by atoms with Gasteiger partial charge in [-0.3, -0.25) is 9.59 Å². The van der Waals surface area contributed by atoms with Gasteiger partial charge in [0, 0.05) is 25.6 Å². The fraction of sp³-hybridized carbons (Fsp3) is 0.600. The first kappa shape index (κ1) is 10.3. The second-order valence-electron chi connectivity index (χ2n) is 7.06. The van der Waals surface area contributed by atoms with E-state index in [1.807, 2.05) is 6.92 Å². The van der Waals surface area contributed by atoms with E-state index in [9.17, 15) is 11.0 Å². The standard InChI is InChI=1S/C20H24O3/c1-12(21)23-14-4-6-15-13(11-14)3-5-17-16(15)9-10-20(2)18(17)7-8-19(20)22/h4,6,11,16-18H,3,5,7-10H2,1-2H3/t16-,17-,18+,20+/m1/s1/i3D2,5D2,16D. The zero-order chi connectivity index (χ0) is 20.7. The molecule has 4 rings (SSSR count). The number of esters is 1. The molecule has 0 heterocycles. The van der Waals surface area contributed by atoms with Gasteiger partial charge in [0.2, 0.25) is 0 Å². The Bertz CT molecular complexity index is 883. The zero-order valence-electron chi connectivity index (χ0n) is 18.4. The van der Waals surface area contributed by atoms with Crippen LogP contribution in [0.25, 0.3) is 0 Å². The first-order chi connectivity index (χ1) is 12.9. The van der Waals surface area contributed by atoms with Gasteiger partial charge in [-0.2, -0.15) is 0 Å². The second-order valence-corrected chi connectivity index (χ2v) is 7.06. The molecule has 0 unspecified atom stereocenters. The number of hydrogen-bond donors (Lipinski definition) is 0. The van der Waals surface area contributed by atoms with Crippen LogP contribution in [0, 0.1) is 17.3 Å². The van der Waals surface area contributed by atoms with E-state index in [1.165, 1.54) is 19.1 Å². The molecule has 2 fully saturated rings. The third-order valence-electron chi connectivity index (χ3n) is 5.79. The smallest absolute Gasteiger partial charge is 0.308 e. The van der Waals surface area contributed by atoms with Gasteiger partial charge in [-0.05, 0) is 73.0 Å². The van der Waals surface area contributed by atoms with Gasteiger partial charge in [0.05, 0.1) is 0 Å². The average molecular weight is 317 g/mol. The van der Waals surface area contributed by atoms with Gasteiger partial charge in [-0.15, -0.1) is 0 Å². The van der Waals surface area contributed by atoms with E-state index in [2.05, 4.69) is 0 Å². The summed E-state index contributed by atoms with van der Waals surface area (Å²) < 4.78 is 49.2. The Balaban J connectivity index is 1.93. The number of carbonyl (C=O) groups is 2. The van der Waals surface area contributed by atoms with Gasteiger partial charge >= 0.3 is 5.97 Å². The van der Waals surface area contributed by atoms with Crippen LogP contribution in [0.3, 0.4) is 0 Å². The van der Waals surface area contributed by atoms with Gasteiger partial charge in [0.25, 0.3) is 0 Å². The molecule has 3 aliphatic carbocycles. The molecule has 1 aromatic carbocycles. The molecule has 0 saturated heterocycles. The highest BCUT2D eigenvalue weighted by Crippen LogP contribution is 2.59. The van der Waals surface area contributed by atoms with Gasteiger partial charge in [-0.1, -0.05) is 13.0 Å². The predicted octanol–water partition coefficient (Wildman–Crippen LogP) is 4.04. The molecule has 3 aliphatic rings. The van der Waals surface area contributed by atoms with Crippen LogP contribution in [0.15, 0.2) is 18.2 Å². The summed E-state index contributed by atoms with van der Waals surface area (Å²) in [7, 11) is 0. The molecule has 3 heteroatoms. The summed E-state index contributed by atoms with van der Waals surface area (Å²) in [5, 5.41) is 0. The van der Waals surface area contributed by atoms with Crippen LogP contribution in [-0.4, -0.2) is 11.8 Å². The molecule has 0 amide bonds. The van der Waals surface area contributed by atoms with Crippen molar-refractivity contribution in [3.63, 3.8) is 0 Å². The molecule has 1 aromatic rings. The van der Waals surface area contributed by atoms with Crippen LogP contribution in [0.4, 0.5) is 0 Å². The topological polar surface area (TPSA) is 43.4 Å². The number of ketones is 1. The molecule has 0 spiro atoms. The quantitative estimate of drug-likeness (QED) is 0.580. The first-order valence-electron chi connectivity index (χ1n) is 10.7. The van der Waals surface area contributed by atoms with Gasteiger partial charge < -0.3 is 4.74 Å². The average Bonchev–Trinajstić information content (AvgIpc) is 2.88. The lowest BCUT2D eigenvalue weighted by Crippen LogP contribution is -2.42. The SMILES string of the molecule is [2H]C1([2H])c2cc(OC(C)=O)ccc2[C@@]2([2H])CC[C@]3(C)C(=O)CC[C@H]3[C@@H]2C1([2H])[2H]. The first-order valence-corrected chi connectivity index (χ1v) is 8.22. The minimum absolute atomic E-state index is 0.0652. The van der Waals surface area contributed by atoms with Crippen molar-refractivity contribution >= 4 is 11.8 Å². The Hall–Kier alpha value is -1.64. The molecule has 0 radical (unpaired) electrons. The maximum atomic E-state index is 12.5. The molecular formula is C20H24O3. The monoisotopic (exact) mass is 317 g/mol. The van der Waals surface area contributed by atoms with Crippen molar-refractivity contribution < 1.29 is 21.2 Å². The summed E-state index contributed by atoms with van der Waals surface area (Å²) >= 11 is 0. The fourth-order valence-corrected chi connectivity index (χ4v) is 4.53. The van der Waals surface area contributed by atoms with Crippen molar-refractivity contribution in [2.45, 2.75) is 58.2 Å². The highest BCUT2D eigenvalue weighted by atomic mass is 16.5. The van der Waals surface area contributed by atoms with E-state index in [0.717, 1.165) is 0 Å². The van der Waals surface area contributed by atoms with E-state index in [-0.39, 0.29) is 23.0 Å². The second kappa shape index (κ2) is 5.19. The maximum absolute atomic E-state index is 12.5. The summed E-state index contributed by atoms with van der Waals surface area (Å²) in [4.78, 5) is 23.8. The fourth-order valence-electron chi connectivity index (χ4n) is 4.53. The lowest BCUT2D eigenvalue weighted by molar-refractivity contribution is -0.132. The Labute approximate surface area is 144 Å². The summed E-state index contributed by atoms with van der Waals surface area (Å²) in [6.45, 7) is 3.10. The molecule has 0 aliphatic heterocycles. The zero-order valence-corrected chi connectivity index (χ0v) is 13.4. The van der Waals surface area contributed by atoms with Gasteiger partial charge in [-0.25, -0.2) is 0 Å². The summed E-state index contributed by atoms with van der Waals surface area (Å²) in [5.74, 6) is -2.91. The Morgan fingerprint density at radius 1 is 1.43 bits per heavy atom. The van der Waals surface area contributed by atoms with Crippen molar-refractivity contribution in [2.75, 3.05) is 0 Å². The number of hydrogen-bond acceptors (Lipinski definition) is 3. The van der Waals surface area contributed by atoms with Crippen molar-refractivity contribution in [1.29, 1.82) is 0 Å². The van der Waals surface area contributed by atoms with Crippen molar-refractivity contribution in [1.82, 2.24) is 0 Å². The minimum Gasteiger partial charge on any atom is -0.427 e. The van der Waals surface area contributed by atoms with E-state index in [1.54, 1.807) is 6.07 Å². The maximum Gasteiger partial charge on any atom is 0.308 e. The number of fused-ring (bicyclic) bond motifs is 5. The van der Waals surface area contributed by atoms with Crippen LogP contribution in [-0.2, 0) is 16.0 Å². The number of benzene rings is 1. The van der Waals surface area contributed by atoms with Crippen molar-refractivity contribution in [2.24, 2.45) is 17.3 Å². The van der Waals surface area contributed by atoms with Crippen molar-refractivity contribution in [3.8, 4) is 5.75 Å². The largest absolute Gasteiger partial charge is 0.427 e. The molecule has 0 N–H and O–H groups in total. The Kier molecular flexibility index (Phi) is 2.32. The summed E-state index contributed by atoms with van der Waals surface area (Å²) in [6, 6.07) is 4.49. The third-order valence-corrected chi connectivity index (χ3v) is 5.79. The molecule has 4 atom stereocenters. The Morgan fingerprint density at radius 3 is 3.04 bits per heavy atom. The van der Waals surface area contributed by atoms with Crippen LogP contribution >= 0.6 is 0 Å². The molecule has 3 nitrogen and oxygen atoms in total. The molecule has 122 valence electrons. The van der Waals surface area contributed by atoms with Gasteiger partial charge in [0.1, 0.15) is 11.5 Å². The summed E-state index contributed by atoms with van der Waals surface area (Å²) in [5.41, 5.74) is -0.182. The number of carbonyl (C=O) groups excluding carboxylic acids is 2. The number of rotatable bonds is 1.